The molecule has 1 aliphatic carbocycles. The number of fused-ring (bicyclic) bond motifs is 4. The normalized spacial score (nSPS) is 13.9. The molecule has 1 aliphatic rings. The summed E-state index contributed by atoms with van der Waals surface area (Å²) in [5, 5.41) is 7.80. The highest BCUT2D eigenvalue weighted by molar-refractivity contribution is 7.99. The van der Waals surface area contributed by atoms with Crippen molar-refractivity contribution in [1.82, 2.24) is 19.2 Å². The Morgan fingerprint density at radius 1 is 1.21 bits per heavy atom. The van der Waals surface area contributed by atoms with Crippen LogP contribution in [0.15, 0.2) is 58.5 Å². The van der Waals surface area contributed by atoms with Crippen LogP contribution < -0.4 is 15.6 Å². The summed E-state index contributed by atoms with van der Waals surface area (Å²) in [6.45, 7) is 4.14. The Morgan fingerprint density at radius 3 is 2.79 bits per heavy atom. The number of ether oxygens (including phenoxy) is 1. The molecule has 34 heavy (non-hydrogen) atoms. The van der Waals surface area contributed by atoms with Crippen LogP contribution in [-0.4, -0.2) is 37.9 Å². The number of benzene rings is 2. The van der Waals surface area contributed by atoms with Gasteiger partial charge in [0.05, 0.1) is 24.1 Å². The van der Waals surface area contributed by atoms with E-state index < -0.39 is 0 Å². The zero-order valence-electron chi connectivity index (χ0n) is 19.5. The molecule has 0 saturated carbocycles. The van der Waals surface area contributed by atoms with Crippen LogP contribution in [0.1, 0.15) is 25.0 Å². The van der Waals surface area contributed by atoms with Crippen molar-refractivity contribution in [3.63, 3.8) is 0 Å². The number of thioether (sulfide) groups is 1. The average Bonchev–Trinajstić information content (AvgIpc) is 3.13. The van der Waals surface area contributed by atoms with Crippen LogP contribution in [0, 0.1) is 0 Å². The molecule has 0 aliphatic heterocycles. The number of methoxy groups -OCH3 is 1. The Kier molecular flexibility index (Phi) is 5.44. The summed E-state index contributed by atoms with van der Waals surface area (Å²) in [5.41, 5.74) is 3.70. The molecule has 1 amide bonds. The second-order valence-electron chi connectivity index (χ2n) is 8.97. The number of hydrogen-bond donors (Lipinski definition) is 1. The van der Waals surface area contributed by atoms with Gasteiger partial charge < -0.3 is 10.1 Å². The van der Waals surface area contributed by atoms with Gasteiger partial charge in [0.2, 0.25) is 11.7 Å². The third-order valence-corrected chi connectivity index (χ3v) is 6.98. The molecule has 0 saturated heterocycles. The Labute approximate surface area is 201 Å². The van der Waals surface area contributed by atoms with Gasteiger partial charge in [0.15, 0.2) is 5.16 Å². The summed E-state index contributed by atoms with van der Waals surface area (Å²) in [6, 6.07) is 15.3. The molecule has 174 valence electrons. The quantitative estimate of drug-likeness (QED) is 0.443. The molecule has 5 rings (SSSR count). The van der Waals surface area contributed by atoms with Crippen molar-refractivity contribution in [2.75, 3.05) is 18.2 Å². The Hall–Kier alpha value is -3.59. The molecule has 0 atom stereocenters. The number of rotatable bonds is 5. The van der Waals surface area contributed by atoms with Crippen molar-refractivity contribution < 1.29 is 9.53 Å². The maximum atomic E-state index is 13.8. The lowest BCUT2D eigenvalue weighted by Gasteiger charge is -2.32. The van der Waals surface area contributed by atoms with E-state index in [1.54, 1.807) is 31.0 Å². The lowest BCUT2D eigenvalue weighted by molar-refractivity contribution is -0.113. The lowest BCUT2D eigenvalue weighted by atomic mass is 9.72. The molecule has 2 aromatic heterocycles. The van der Waals surface area contributed by atoms with E-state index in [9.17, 15) is 9.59 Å². The van der Waals surface area contributed by atoms with Gasteiger partial charge in [-0.3, -0.25) is 9.59 Å². The number of hydrogen-bond acceptors (Lipinski definition) is 6. The molecule has 4 aromatic rings. The van der Waals surface area contributed by atoms with E-state index in [2.05, 4.69) is 30.3 Å². The molecule has 2 aromatic carbocycles. The average molecular weight is 476 g/mol. The molecule has 2 heterocycles. The lowest BCUT2D eigenvalue weighted by Crippen LogP contribution is -2.36. The van der Waals surface area contributed by atoms with Crippen LogP contribution in [0.4, 0.5) is 5.69 Å². The summed E-state index contributed by atoms with van der Waals surface area (Å²) in [5.74, 6) is 1.00. The Bertz CT molecular complexity index is 1490. The van der Waals surface area contributed by atoms with Crippen molar-refractivity contribution in [3.8, 4) is 17.0 Å². The minimum absolute atomic E-state index is 0.0963. The van der Waals surface area contributed by atoms with Crippen molar-refractivity contribution in [1.29, 1.82) is 0 Å². The molecule has 0 bridgehead atoms. The number of anilines is 1. The topological polar surface area (TPSA) is 90.5 Å². The SMILES string of the molecule is COc1cccc(NC(=O)CSc2nn(C)c3nc4c(c(=O)n23)C(C)(C)Cc2ccccc2-4)c1. The van der Waals surface area contributed by atoms with Gasteiger partial charge in [-0.05, 0) is 24.1 Å². The van der Waals surface area contributed by atoms with E-state index in [1.807, 2.05) is 30.3 Å². The van der Waals surface area contributed by atoms with Crippen LogP contribution in [0.25, 0.3) is 17.0 Å². The zero-order valence-corrected chi connectivity index (χ0v) is 20.3. The van der Waals surface area contributed by atoms with Gasteiger partial charge in [-0.1, -0.05) is 55.9 Å². The van der Waals surface area contributed by atoms with E-state index in [4.69, 9.17) is 9.72 Å². The van der Waals surface area contributed by atoms with E-state index in [1.165, 1.54) is 21.7 Å². The number of aromatic nitrogens is 4. The highest BCUT2D eigenvalue weighted by Gasteiger charge is 2.36. The highest BCUT2D eigenvalue weighted by atomic mass is 32.2. The molecular weight excluding hydrogens is 450 g/mol. The number of carbonyl (C=O) groups is 1. The molecule has 0 spiro atoms. The first kappa shape index (κ1) is 22.2. The van der Waals surface area contributed by atoms with Gasteiger partial charge in [-0.2, -0.15) is 0 Å². The monoisotopic (exact) mass is 475 g/mol. The second-order valence-corrected chi connectivity index (χ2v) is 9.91. The summed E-state index contributed by atoms with van der Waals surface area (Å²) in [4.78, 5) is 31.2. The number of amides is 1. The first-order valence-electron chi connectivity index (χ1n) is 10.9. The molecule has 0 radical (unpaired) electrons. The third-order valence-electron chi connectivity index (χ3n) is 6.05. The fourth-order valence-electron chi connectivity index (χ4n) is 4.51. The van der Waals surface area contributed by atoms with Crippen LogP contribution in [0.3, 0.4) is 0 Å². The van der Waals surface area contributed by atoms with Crippen molar-refractivity contribution in [3.05, 3.63) is 70.0 Å². The van der Waals surface area contributed by atoms with Crippen LogP contribution >= 0.6 is 11.8 Å². The maximum absolute atomic E-state index is 13.8. The van der Waals surface area contributed by atoms with Gasteiger partial charge in [-0.25, -0.2) is 14.1 Å². The number of nitrogens with zero attached hydrogens (tertiary/aromatic N) is 4. The van der Waals surface area contributed by atoms with E-state index in [0.717, 1.165) is 12.0 Å². The fourth-order valence-corrected chi connectivity index (χ4v) is 5.32. The second kappa shape index (κ2) is 8.32. The molecule has 9 heteroatoms. The van der Waals surface area contributed by atoms with Gasteiger partial charge in [-0.15, -0.1) is 5.10 Å². The number of nitrogens with one attached hydrogen (secondary N) is 1. The van der Waals surface area contributed by atoms with Crippen LogP contribution in [0.2, 0.25) is 0 Å². The minimum Gasteiger partial charge on any atom is -0.497 e. The van der Waals surface area contributed by atoms with Crippen LogP contribution in [0.5, 0.6) is 5.75 Å². The predicted molar refractivity (Wildman–Crippen MR) is 133 cm³/mol. The summed E-state index contributed by atoms with van der Waals surface area (Å²) in [7, 11) is 3.34. The molecule has 8 nitrogen and oxygen atoms in total. The molecule has 1 N–H and O–H groups in total. The summed E-state index contributed by atoms with van der Waals surface area (Å²) < 4.78 is 8.32. The summed E-state index contributed by atoms with van der Waals surface area (Å²) >= 11 is 1.21. The van der Waals surface area contributed by atoms with Gasteiger partial charge in [0, 0.05) is 29.8 Å². The highest BCUT2D eigenvalue weighted by Crippen LogP contribution is 2.40. The van der Waals surface area contributed by atoms with Gasteiger partial charge in [0.1, 0.15) is 5.75 Å². The number of aryl methyl sites for hydroxylation is 1. The minimum atomic E-state index is -0.378. The summed E-state index contributed by atoms with van der Waals surface area (Å²) in [6.07, 6.45) is 0.755. The smallest absolute Gasteiger partial charge is 0.265 e. The molecular formula is C25H25N5O3S. The van der Waals surface area contributed by atoms with E-state index >= 15 is 0 Å². The predicted octanol–water partition coefficient (Wildman–Crippen LogP) is 3.67. The largest absolute Gasteiger partial charge is 0.497 e. The zero-order chi connectivity index (χ0) is 24.0. The van der Waals surface area contributed by atoms with E-state index in [-0.39, 0.29) is 22.6 Å². The van der Waals surface area contributed by atoms with Crippen molar-refractivity contribution >= 4 is 29.1 Å². The van der Waals surface area contributed by atoms with Gasteiger partial charge in [0.25, 0.3) is 5.56 Å². The third kappa shape index (κ3) is 3.75. The number of carbonyl (C=O) groups excluding carboxylic acids is 1. The van der Waals surface area contributed by atoms with Crippen molar-refractivity contribution in [2.24, 2.45) is 7.05 Å². The maximum Gasteiger partial charge on any atom is 0.265 e. The Balaban J connectivity index is 1.49. The molecule has 0 fully saturated rings. The van der Waals surface area contributed by atoms with Crippen LogP contribution in [-0.2, 0) is 23.7 Å². The van der Waals surface area contributed by atoms with Crippen molar-refractivity contribution in [2.45, 2.75) is 30.8 Å². The fraction of sp³-hybridized carbons (Fsp3) is 0.280. The first-order valence-corrected chi connectivity index (χ1v) is 11.9. The molecule has 0 unspecified atom stereocenters. The van der Waals surface area contributed by atoms with E-state index in [0.29, 0.717) is 33.6 Å². The Morgan fingerprint density at radius 2 is 2.00 bits per heavy atom. The standard InChI is InChI=1S/C25H25N5O3S/c1-25(2)13-15-8-5-6-11-18(15)21-20(25)22(32)30-23(27-21)29(3)28-24(30)34-14-19(31)26-16-9-7-10-17(12-16)33-4/h5-12H,13-14H2,1-4H3,(H,26,31). The van der Waals surface area contributed by atoms with Gasteiger partial charge >= 0.3 is 0 Å². The first-order chi connectivity index (χ1) is 16.3.